The first-order valence-electron chi connectivity index (χ1n) is 46.2. The van der Waals surface area contributed by atoms with Crippen LogP contribution in [0.15, 0.2) is 122 Å². The van der Waals surface area contributed by atoms with Crippen LogP contribution in [-0.4, -0.2) is 99.7 Å². The minimum Gasteiger partial charge on any atom is -0.494 e. The highest BCUT2D eigenvalue weighted by Crippen LogP contribution is 2.66. The Labute approximate surface area is 748 Å². The van der Waals surface area contributed by atoms with Gasteiger partial charge in [0.2, 0.25) is 0 Å². The van der Waals surface area contributed by atoms with Gasteiger partial charge in [0.1, 0.15) is 23.0 Å². The van der Waals surface area contributed by atoms with E-state index in [1.807, 2.05) is 191 Å². The quantitative estimate of drug-likeness (QED) is 0.0235. The lowest BCUT2D eigenvalue weighted by atomic mass is 10.1. The Kier molecular flexibility index (Phi) is 61.2. The summed E-state index contributed by atoms with van der Waals surface area (Å²) in [4.78, 5) is 52.0. The van der Waals surface area contributed by atoms with Crippen molar-refractivity contribution in [3.8, 4) is 23.0 Å². The Balaban J connectivity index is 0.967. The van der Waals surface area contributed by atoms with E-state index >= 15 is 0 Å². The normalized spacial score (nSPS) is 12.8. The Morgan fingerprint density at radius 1 is 0.212 bits per heavy atom. The van der Waals surface area contributed by atoms with E-state index in [1.165, 1.54) is 205 Å². The van der Waals surface area contributed by atoms with E-state index in [1.54, 1.807) is 0 Å². The third-order valence-electron chi connectivity index (χ3n) is 20.7. The van der Waals surface area contributed by atoms with Crippen LogP contribution < -0.4 is 18.9 Å². The second kappa shape index (κ2) is 70.3. The lowest BCUT2D eigenvalue weighted by Gasteiger charge is -2.08. The molecule has 4 aromatic rings. The Hall–Kier alpha value is -4.02. The maximum absolute atomic E-state index is 13.0. The van der Waals surface area contributed by atoms with Gasteiger partial charge >= 0.3 is 23.9 Å². The van der Waals surface area contributed by atoms with Crippen LogP contribution in [0.3, 0.4) is 0 Å². The van der Waals surface area contributed by atoms with Crippen LogP contribution in [0.4, 0.5) is 0 Å². The third kappa shape index (κ3) is 48.9. The molecule has 0 radical (unpaired) electrons. The molecule has 0 spiro atoms. The van der Waals surface area contributed by atoms with Crippen molar-refractivity contribution in [3.63, 3.8) is 0 Å². The van der Waals surface area contributed by atoms with Crippen molar-refractivity contribution < 1.29 is 57.1 Å². The molecule has 4 aromatic carbocycles. The second-order valence-corrected chi connectivity index (χ2v) is 41.2. The van der Waals surface area contributed by atoms with Crippen molar-refractivity contribution in [1.29, 1.82) is 0 Å². The molecule has 0 aliphatic carbocycles. The average molecular weight is 1770 g/mol. The maximum Gasteiger partial charge on any atom is 0.338 e. The molecule has 0 unspecified atom stereocenters. The minimum atomic E-state index is -0.282. The molecule has 0 atom stereocenters. The molecule has 0 N–H and O–H groups in total. The Morgan fingerprint density at radius 2 is 0.373 bits per heavy atom. The van der Waals surface area contributed by atoms with Crippen molar-refractivity contribution >= 4 is 118 Å². The fourth-order valence-electron chi connectivity index (χ4n) is 13.4. The first-order valence-corrected chi connectivity index (χ1v) is 53.4. The van der Waals surface area contributed by atoms with Crippen molar-refractivity contribution in [2.75, 3.05) is 75.9 Å². The molecule has 0 aromatic heterocycles. The van der Waals surface area contributed by atoms with E-state index in [0.717, 1.165) is 174 Å². The van der Waals surface area contributed by atoms with Gasteiger partial charge in [0, 0.05) is 0 Å². The summed E-state index contributed by atoms with van der Waals surface area (Å²) < 4.78 is 55.2. The number of hydrogen-bond donors (Lipinski definition) is 0. The van der Waals surface area contributed by atoms with Gasteiger partial charge in [0.25, 0.3) is 0 Å². The van der Waals surface area contributed by atoms with Crippen LogP contribution >= 0.6 is 94.1 Å². The molecule has 6 rings (SSSR count). The molecule has 0 saturated heterocycles. The molecule has 2 aliphatic rings. The molecule has 12 nitrogen and oxygen atoms in total. The Bertz CT molecular complexity index is 2910. The van der Waals surface area contributed by atoms with Crippen molar-refractivity contribution in [2.24, 2.45) is 0 Å². The summed E-state index contributed by atoms with van der Waals surface area (Å²) in [6.45, 7) is 13.5. The number of hydrogen-bond acceptors (Lipinski definition) is 20. The van der Waals surface area contributed by atoms with E-state index in [0.29, 0.717) is 75.1 Å². The number of esters is 4. The smallest absolute Gasteiger partial charge is 0.338 e. The summed E-state index contributed by atoms with van der Waals surface area (Å²) in [6.07, 6.45) is 56.3. The summed E-state index contributed by atoms with van der Waals surface area (Å²) in [5.74, 6) is 6.15. The first-order chi connectivity index (χ1) is 58.2. The summed E-state index contributed by atoms with van der Waals surface area (Å²) in [6, 6.07) is 29.5. The fourth-order valence-corrected chi connectivity index (χ4v) is 25.7. The molecule has 0 fully saturated rings. The predicted octanol–water partition coefficient (Wildman–Crippen LogP) is 32.0. The van der Waals surface area contributed by atoms with E-state index < -0.39 is 0 Å². The van der Waals surface area contributed by atoms with Crippen LogP contribution in [0.2, 0.25) is 0 Å². The van der Waals surface area contributed by atoms with Gasteiger partial charge in [0.15, 0.2) is 0 Å². The molecule has 660 valence electrons. The number of thioether (sulfide) groups is 8. The number of rotatable bonds is 76. The number of carbonyl (C=O) groups excluding carboxylic acids is 4. The van der Waals surface area contributed by atoms with Gasteiger partial charge in [-0.15, -0.1) is 47.0 Å². The van der Waals surface area contributed by atoms with E-state index in [-0.39, 0.29) is 23.9 Å². The predicted molar refractivity (Wildman–Crippen MR) is 514 cm³/mol. The van der Waals surface area contributed by atoms with Gasteiger partial charge < -0.3 is 37.9 Å². The minimum absolute atomic E-state index is 0.282. The van der Waals surface area contributed by atoms with Gasteiger partial charge in [-0.05, 0) is 197 Å². The molecule has 118 heavy (non-hydrogen) atoms. The number of carbonyl (C=O) groups is 4. The van der Waals surface area contributed by atoms with Crippen LogP contribution in [0, 0.1) is 0 Å². The van der Waals surface area contributed by atoms with Gasteiger partial charge in [-0.25, -0.2) is 19.2 Å². The molecule has 2 heterocycles. The number of unbranched alkanes of at least 4 members (excludes halogenated alkanes) is 40. The molecule has 2 aliphatic heterocycles. The largest absolute Gasteiger partial charge is 0.494 e. The molecular weight excluding hydrogens is 1630 g/mol. The van der Waals surface area contributed by atoms with E-state index in [2.05, 4.69) is 27.7 Å². The van der Waals surface area contributed by atoms with Crippen molar-refractivity contribution in [1.82, 2.24) is 0 Å². The van der Waals surface area contributed by atoms with Crippen molar-refractivity contribution in [3.05, 3.63) is 145 Å². The molecule has 20 heteroatoms. The molecule has 0 saturated carbocycles. The van der Waals surface area contributed by atoms with Crippen LogP contribution in [0.1, 0.15) is 377 Å². The van der Waals surface area contributed by atoms with Gasteiger partial charge in [-0.3, -0.25) is 0 Å². The van der Waals surface area contributed by atoms with Crippen LogP contribution in [-0.2, 0) is 18.9 Å². The standard InChI is InChI=1S/C98H148O12S8/c1-5-9-13-17-21-25-29-41-69-103-85-61-53-81(54-62-85)89(99)107-73-45-33-37-49-77-111-93-94(112-78-50-38-34-46-74-108-90(100)82-55-63-86(64-56-82)104-70-42-30-26-22-18-14-10-6-2)116-97(115-93)98-117-95(113-79-51-39-35-47-75-109-91(101)83-57-65-87(66-58-83)105-71-43-31-27-23-19-15-11-7-3)96(118-98)114-80-52-40-36-48-76-110-92(102)84-59-67-88(68-60-84)106-72-44-32-28-24-20-16-12-8-4/h53-68H,5-52,69-80H2,1-4H3. The van der Waals surface area contributed by atoms with E-state index in [9.17, 15) is 19.2 Å². The van der Waals surface area contributed by atoms with E-state index in [4.69, 9.17) is 37.9 Å². The fraction of sp³-hybridized carbons (Fsp3) is 0.653. The zero-order valence-corrected chi connectivity index (χ0v) is 79.4. The highest BCUT2D eigenvalue weighted by atomic mass is 32.3. The van der Waals surface area contributed by atoms with Crippen molar-refractivity contribution in [2.45, 2.75) is 336 Å². The third-order valence-corrected chi connectivity index (χ3v) is 32.6. The molecule has 0 bridgehead atoms. The van der Waals surface area contributed by atoms with Gasteiger partial charge in [-0.2, -0.15) is 0 Å². The van der Waals surface area contributed by atoms with Gasteiger partial charge in [0.05, 0.1) is 101 Å². The monoisotopic (exact) mass is 1770 g/mol. The zero-order valence-electron chi connectivity index (χ0n) is 72.8. The average Bonchev–Trinajstić information content (AvgIpc) is 1.66. The first kappa shape index (κ1) is 103. The molecular formula is C98H148O12S8. The Morgan fingerprint density at radius 3 is 0.559 bits per heavy atom. The van der Waals surface area contributed by atoms with Gasteiger partial charge in [-0.1, -0.05) is 306 Å². The maximum atomic E-state index is 13.0. The highest BCUT2D eigenvalue weighted by molar-refractivity contribution is 8.45. The number of benzene rings is 4. The highest BCUT2D eigenvalue weighted by Gasteiger charge is 2.31. The summed E-state index contributed by atoms with van der Waals surface area (Å²) in [5, 5.41) is 0. The summed E-state index contributed by atoms with van der Waals surface area (Å²) in [5.41, 5.74) is 2.23. The SMILES string of the molecule is CCCCCCCCCCOc1ccc(C(=O)OCCCCCCSC2=C(SCCCCCCOC(=O)c3ccc(OCCCCCCCCCC)cc3)SC(=C3SC(SCCCCCCOC(=O)c4ccc(OCCCCCCCCCC)cc4)=C(SCCCCCCOC(=O)c4ccc(OCCCCCCCCCC)cc4)S3)S2)cc1. The van der Waals surface area contributed by atoms with Crippen LogP contribution in [0.25, 0.3) is 0 Å². The zero-order chi connectivity index (χ0) is 83.4. The molecule has 0 amide bonds. The lowest BCUT2D eigenvalue weighted by Crippen LogP contribution is -2.06. The summed E-state index contributed by atoms with van der Waals surface area (Å²) in [7, 11) is 0. The number of ether oxygens (including phenoxy) is 8. The lowest BCUT2D eigenvalue weighted by molar-refractivity contribution is 0.0488. The topological polar surface area (TPSA) is 142 Å². The van der Waals surface area contributed by atoms with Crippen LogP contribution in [0.5, 0.6) is 23.0 Å². The second-order valence-electron chi connectivity index (χ2n) is 31.1. The summed E-state index contributed by atoms with van der Waals surface area (Å²) >= 11 is 15.8.